The Kier molecular flexibility index (Phi) is 4.97. The molecule has 7 aromatic carbocycles. The van der Waals surface area contributed by atoms with Gasteiger partial charge in [0.1, 0.15) is 6.67 Å². The summed E-state index contributed by atoms with van der Waals surface area (Å²) in [6, 6.07) is 51.6. The lowest BCUT2D eigenvalue weighted by Crippen LogP contribution is -2.15. The Morgan fingerprint density at radius 1 is 0.521 bits per heavy atom. The molecule has 0 unspecified atom stereocenters. The molecule has 11 rings (SSSR count). The van der Waals surface area contributed by atoms with Crippen molar-refractivity contribution in [3.05, 3.63) is 151 Å². The van der Waals surface area contributed by atoms with Gasteiger partial charge in [0.2, 0.25) is 0 Å². The van der Waals surface area contributed by atoms with Gasteiger partial charge in [-0.15, -0.1) is 0 Å². The Balaban J connectivity index is 1.18. The molecule has 3 heteroatoms. The SMILES string of the molecule is CC1(C)c2ccccc2-c2ccc(-c3c4ccccc4nn3Cn3c4cccc5c4c4c6c(cccc6ccc43)-c3ccccc3-5)cc21. The molecule has 0 bridgehead atoms. The van der Waals surface area contributed by atoms with Crippen molar-refractivity contribution in [2.75, 3.05) is 0 Å². The molecule has 0 saturated carbocycles. The zero-order valence-corrected chi connectivity index (χ0v) is 26.8. The Morgan fingerprint density at radius 3 is 2.04 bits per heavy atom. The van der Waals surface area contributed by atoms with Gasteiger partial charge in [-0.25, -0.2) is 4.68 Å². The molecule has 0 saturated heterocycles. The summed E-state index contributed by atoms with van der Waals surface area (Å²) in [7, 11) is 0. The number of nitrogens with zero attached hydrogens (tertiary/aromatic N) is 3. The second kappa shape index (κ2) is 9.11. The first-order valence-corrected chi connectivity index (χ1v) is 16.8. The quantitative estimate of drug-likeness (QED) is 0.194. The molecule has 0 spiro atoms. The third kappa shape index (κ3) is 3.26. The van der Waals surface area contributed by atoms with E-state index in [4.69, 9.17) is 5.10 Å². The average molecular weight is 614 g/mol. The van der Waals surface area contributed by atoms with Crippen molar-refractivity contribution in [3.8, 4) is 44.6 Å². The molecule has 0 radical (unpaired) electrons. The maximum atomic E-state index is 5.30. The lowest BCUT2D eigenvalue weighted by molar-refractivity contribution is 0.584. The minimum Gasteiger partial charge on any atom is -0.320 e. The molecule has 3 nitrogen and oxygen atoms in total. The van der Waals surface area contributed by atoms with Crippen LogP contribution in [-0.4, -0.2) is 14.3 Å². The Bertz CT molecular complexity index is 2840. The Morgan fingerprint density at radius 2 is 1.19 bits per heavy atom. The van der Waals surface area contributed by atoms with Crippen LogP contribution in [0, 0.1) is 0 Å². The first-order valence-electron chi connectivity index (χ1n) is 16.8. The van der Waals surface area contributed by atoms with Crippen molar-refractivity contribution in [3.63, 3.8) is 0 Å². The molecule has 2 heterocycles. The smallest absolute Gasteiger partial charge is 0.117 e. The fourth-order valence-electron chi connectivity index (χ4n) is 9.03. The first kappa shape index (κ1) is 26.2. The molecule has 0 atom stereocenters. The van der Waals surface area contributed by atoms with Gasteiger partial charge in [0.15, 0.2) is 0 Å². The van der Waals surface area contributed by atoms with Gasteiger partial charge < -0.3 is 4.57 Å². The zero-order valence-electron chi connectivity index (χ0n) is 26.8. The highest BCUT2D eigenvalue weighted by Gasteiger charge is 2.35. The highest BCUT2D eigenvalue weighted by atomic mass is 15.3. The number of fused-ring (bicyclic) bond motifs is 7. The largest absolute Gasteiger partial charge is 0.320 e. The molecule has 0 fully saturated rings. The van der Waals surface area contributed by atoms with Crippen LogP contribution in [0.3, 0.4) is 0 Å². The van der Waals surface area contributed by atoms with Crippen LogP contribution >= 0.6 is 0 Å². The van der Waals surface area contributed by atoms with E-state index >= 15 is 0 Å². The number of benzene rings is 7. The molecular weight excluding hydrogens is 583 g/mol. The van der Waals surface area contributed by atoms with Crippen molar-refractivity contribution in [1.29, 1.82) is 0 Å². The van der Waals surface area contributed by atoms with Gasteiger partial charge in [-0.2, -0.15) is 5.10 Å². The van der Waals surface area contributed by atoms with Gasteiger partial charge in [-0.3, -0.25) is 0 Å². The first-order chi connectivity index (χ1) is 23.6. The second-order valence-electron chi connectivity index (χ2n) is 14.0. The van der Waals surface area contributed by atoms with Crippen molar-refractivity contribution >= 4 is 43.5 Å². The summed E-state index contributed by atoms with van der Waals surface area (Å²) in [5.74, 6) is 0. The monoisotopic (exact) mass is 613 g/mol. The fourth-order valence-corrected chi connectivity index (χ4v) is 9.03. The van der Waals surface area contributed by atoms with Crippen LogP contribution in [0.4, 0.5) is 0 Å². The number of aromatic nitrogens is 3. The summed E-state index contributed by atoms with van der Waals surface area (Å²) in [6.45, 7) is 5.31. The van der Waals surface area contributed by atoms with Gasteiger partial charge in [-0.1, -0.05) is 129 Å². The van der Waals surface area contributed by atoms with Crippen LogP contribution in [0.2, 0.25) is 0 Å². The Labute approximate surface area is 278 Å². The van der Waals surface area contributed by atoms with E-state index < -0.39 is 0 Å². The normalized spacial score (nSPS) is 13.9. The van der Waals surface area contributed by atoms with Crippen molar-refractivity contribution in [2.45, 2.75) is 25.9 Å². The van der Waals surface area contributed by atoms with E-state index in [9.17, 15) is 0 Å². The molecule has 0 aliphatic heterocycles. The molecule has 0 N–H and O–H groups in total. The molecule has 2 aliphatic carbocycles. The molecule has 0 amide bonds. The van der Waals surface area contributed by atoms with E-state index in [0.717, 1.165) is 11.2 Å². The predicted octanol–water partition coefficient (Wildman–Crippen LogP) is 11.4. The lowest BCUT2D eigenvalue weighted by atomic mass is 9.82. The van der Waals surface area contributed by atoms with E-state index in [2.05, 4.69) is 163 Å². The summed E-state index contributed by atoms with van der Waals surface area (Å²) in [5.41, 5.74) is 16.4. The molecule has 48 heavy (non-hydrogen) atoms. The molecule has 9 aromatic rings. The van der Waals surface area contributed by atoms with Crippen molar-refractivity contribution in [1.82, 2.24) is 14.3 Å². The van der Waals surface area contributed by atoms with Gasteiger partial charge in [0.05, 0.1) is 22.2 Å². The fraction of sp³-hybridized carbons (Fsp3) is 0.0889. The highest BCUT2D eigenvalue weighted by molar-refractivity contribution is 6.30. The maximum absolute atomic E-state index is 5.30. The van der Waals surface area contributed by atoms with Crippen LogP contribution in [-0.2, 0) is 12.1 Å². The van der Waals surface area contributed by atoms with Crippen molar-refractivity contribution < 1.29 is 0 Å². The maximum Gasteiger partial charge on any atom is 0.117 e. The topological polar surface area (TPSA) is 22.8 Å². The van der Waals surface area contributed by atoms with Crippen LogP contribution in [0.25, 0.3) is 88.1 Å². The molecule has 2 aliphatic rings. The van der Waals surface area contributed by atoms with E-state index in [1.54, 1.807) is 0 Å². The average Bonchev–Trinajstić information content (AvgIpc) is 3.70. The van der Waals surface area contributed by atoms with Gasteiger partial charge in [0, 0.05) is 27.1 Å². The second-order valence-corrected chi connectivity index (χ2v) is 14.0. The summed E-state index contributed by atoms with van der Waals surface area (Å²) >= 11 is 0. The Hall–Kier alpha value is -5.93. The van der Waals surface area contributed by atoms with E-state index in [1.807, 2.05) is 0 Å². The highest BCUT2D eigenvalue weighted by Crippen LogP contribution is 2.51. The third-order valence-corrected chi connectivity index (χ3v) is 11.2. The van der Waals surface area contributed by atoms with E-state index in [1.165, 1.54) is 88.0 Å². The van der Waals surface area contributed by atoms with Gasteiger partial charge >= 0.3 is 0 Å². The van der Waals surface area contributed by atoms with Gasteiger partial charge in [0.25, 0.3) is 0 Å². The number of hydrogen-bond donors (Lipinski definition) is 0. The third-order valence-electron chi connectivity index (χ3n) is 11.2. The van der Waals surface area contributed by atoms with Crippen molar-refractivity contribution in [2.24, 2.45) is 0 Å². The summed E-state index contributed by atoms with van der Waals surface area (Å²) in [4.78, 5) is 0. The minimum absolute atomic E-state index is 0.0748. The minimum atomic E-state index is -0.0748. The summed E-state index contributed by atoms with van der Waals surface area (Å²) < 4.78 is 4.73. The lowest BCUT2D eigenvalue weighted by Gasteiger charge is -2.22. The van der Waals surface area contributed by atoms with Crippen LogP contribution in [0.5, 0.6) is 0 Å². The molecular formula is C45H31N3. The summed E-state index contributed by atoms with van der Waals surface area (Å²) in [6.07, 6.45) is 0. The standard InChI is InChI=1S/C45H31N3/c1-45(2)36-18-7-5-14-31(36)32-23-21-28(25-37(32)45)44-35-15-6-8-19-38(35)46-48(44)26-47-39-20-10-17-34-30-13-4-3-12-29(30)33-16-9-11-27-22-24-40(47)43(41(27)33)42(34)39/h3-25H,26H2,1-2H3. The molecule has 226 valence electrons. The zero-order chi connectivity index (χ0) is 31.7. The van der Waals surface area contributed by atoms with Crippen LogP contribution < -0.4 is 0 Å². The van der Waals surface area contributed by atoms with Gasteiger partial charge in [-0.05, 0) is 79.5 Å². The van der Waals surface area contributed by atoms with E-state index in [0.29, 0.717) is 6.67 Å². The van der Waals surface area contributed by atoms with Crippen LogP contribution in [0.15, 0.2) is 140 Å². The number of rotatable bonds is 3. The number of hydrogen-bond acceptors (Lipinski definition) is 1. The summed E-state index contributed by atoms with van der Waals surface area (Å²) in [5, 5.41) is 11.7. The predicted molar refractivity (Wildman–Crippen MR) is 200 cm³/mol. The van der Waals surface area contributed by atoms with E-state index in [-0.39, 0.29) is 5.41 Å². The van der Waals surface area contributed by atoms with Crippen LogP contribution in [0.1, 0.15) is 25.0 Å². The molecule has 2 aromatic heterocycles.